The van der Waals surface area contributed by atoms with Gasteiger partial charge in [-0.1, -0.05) is 6.07 Å². The van der Waals surface area contributed by atoms with Crippen LogP contribution in [0.15, 0.2) is 36.9 Å². The average molecular weight is 444 g/mol. The Balaban J connectivity index is 1.50. The Labute approximate surface area is 179 Å². The van der Waals surface area contributed by atoms with E-state index in [1.165, 1.54) is 6.33 Å². The van der Waals surface area contributed by atoms with Gasteiger partial charge in [0.1, 0.15) is 23.5 Å². The number of ether oxygens (including phenoxy) is 1. The number of benzene rings is 1. The third-order valence-corrected chi connectivity index (χ3v) is 5.40. The molecule has 32 heavy (non-hydrogen) atoms. The van der Waals surface area contributed by atoms with Gasteiger partial charge in [-0.3, -0.25) is 9.38 Å². The van der Waals surface area contributed by atoms with E-state index < -0.39 is 17.6 Å². The molecule has 1 aliphatic heterocycles. The van der Waals surface area contributed by atoms with Gasteiger partial charge in [-0.2, -0.15) is 13.2 Å². The lowest BCUT2D eigenvalue weighted by Crippen LogP contribution is -2.13. The van der Waals surface area contributed by atoms with Gasteiger partial charge < -0.3 is 10.1 Å². The van der Waals surface area contributed by atoms with E-state index >= 15 is 0 Å². The Bertz CT molecular complexity index is 1330. The van der Waals surface area contributed by atoms with Crippen LogP contribution in [0.3, 0.4) is 0 Å². The van der Waals surface area contributed by atoms with Crippen LogP contribution in [0, 0.1) is 12.7 Å². The molecule has 0 saturated carbocycles. The molecule has 0 amide bonds. The SMILES string of the molecule is Cc1ncccc1-c1cnc(NCc2c(F)cc(C(F)(F)F)c3c2CCO3)n2cnnc12. The van der Waals surface area contributed by atoms with Crippen LogP contribution < -0.4 is 10.1 Å². The summed E-state index contributed by atoms with van der Waals surface area (Å²) in [6, 6.07) is 4.18. The molecule has 0 atom stereocenters. The van der Waals surface area contributed by atoms with Crippen molar-refractivity contribution in [1.29, 1.82) is 0 Å². The van der Waals surface area contributed by atoms with Crippen molar-refractivity contribution < 1.29 is 22.3 Å². The summed E-state index contributed by atoms with van der Waals surface area (Å²) < 4.78 is 61.2. The lowest BCUT2D eigenvalue weighted by atomic mass is 10.00. The van der Waals surface area contributed by atoms with Crippen LogP contribution in [-0.2, 0) is 19.1 Å². The van der Waals surface area contributed by atoms with Gasteiger partial charge in [0.25, 0.3) is 0 Å². The molecule has 11 heteroatoms. The number of hydrogen-bond donors (Lipinski definition) is 1. The fourth-order valence-corrected chi connectivity index (χ4v) is 3.89. The van der Waals surface area contributed by atoms with Crippen LogP contribution in [0.5, 0.6) is 5.75 Å². The Morgan fingerprint density at radius 1 is 1.22 bits per heavy atom. The van der Waals surface area contributed by atoms with Crippen LogP contribution in [0.25, 0.3) is 16.8 Å². The first-order valence-electron chi connectivity index (χ1n) is 9.73. The van der Waals surface area contributed by atoms with Gasteiger partial charge in [0, 0.05) is 53.3 Å². The molecule has 4 heterocycles. The van der Waals surface area contributed by atoms with Crippen LogP contribution in [0.1, 0.15) is 22.4 Å². The van der Waals surface area contributed by atoms with Crippen LogP contribution >= 0.6 is 0 Å². The van der Waals surface area contributed by atoms with Crippen molar-refractivity contribution in [3.05, 3.63) is 65.1 Å². The number of nitrogens with zero attached hydrogens (tertiary/aromatic N) is 5. The maximum atomic E-state index is 14.7. The van der Waals surface area contributed by atoms with E-state index in [4.69, 9.17) is 4.74 Å². The summed E-state index contributed by atoms with van der Waals surface area (Å²) in [6.07, 6.45) is 0.243. The molecule has 0 spiro atoms. The number of anilines is 1. The maximum Gasteiger partial charge on any atom is 0.420 e. The molecule has 0 unspecified atom stereocenters. The summed E-state index contributed by atoms with van der Waals surface area (Å²) in [7, 11) is 0. The normalized spacial score (nSPS) is 13.3. The highest BCUT2D eigenvalue weighted by molar-refractivity contribution is 5.78. The van der Waals surface area contributed by atoms with Crippen LogP contribution in [0.2, 0.25) is 0 Å². The van der Waals surface area contributed by atoms with E-state index in [0.717, 1.165) is 11.3 Å². The number of rotatable bonds is 4. The summed E-state index contributed by atoms with van der Waals surface area (Å²) in [5, 5.41) is 11.1. The fraction of sp³-hybridized carbons (Fsp3) is 0.238. The molecule has 0 saturated heterocycles. The lowest BCUT2D eigenvalue weighted by molar-refractivity contribution is -0.138. The molecule has 0 aliphatic carbocycles. The van der Waals surface area contributed by atoms with Crippen molar-refractivity contribution in [3.63, 3.8) is 0 Å². The molecule has 0 bridgehead atoms. The summed E-state index contributed by atoms with van der Waals surface area (Å²) in [5.74, 6) is -0.931. The van der Waals surface area contributed by atoms with Crippen molar-refractivity contribution in [2.24, 2.45) is 0 Å². The van der Waals surface area contributed by atoms with Crippen molar-refractivity contribution in [3.8, 4) is 16.9 Å². The minimum atomic E-state index is -4.70. The third kappa shape index (κ3) is 3.29. The molecule has 1 aromatic carbocycles. The number of aromatic nitrogens is 5. The van der Waals surface area contributed by atoms with Gasteiger partial charge in [0.2, 0.25) is 5.95 Å². The quantitative estimate of drug-likeness (QED) is 0.476. The van der Waals surface area contributed by atoms with Gasteiger partial charge in [0.05, 0.1) is 6.61 Å². The molecule has 0 fully saturated rings. The number of pyridine rings is 1. The molecule has 4 aromatic rings. The minimum absolute atomic E-state index is 0.0714. The summed E-state index contributed by atoms with van der Waals surface area (Å²) in [5.41, 5.74) is 2.10. The van der Waals surface area contributed by atoms with Crippen molar-refractivity contribution in [2.75, 3.05) is 11.9 Å². The topological polar surface area (TPSA) is 77.2 Å². The molecule has 1 N–H and O–H groups in total. The summed E-state index contributed by atoms with van der Waals surface area (Å²) in [6.45, 7) is 1.85. The zero-order valence-corrected chi connectivity index (χ0v) is 16.7. The molecule has 5 rings (SSSR count). The molecule has 3 aromatic heterocycles. The zero-order valence-electron chi connectivity index (χ0n) is 16.7. The van der Waals surface area contributed by atoms with Crippen molar-refractivity contribution in [2.45, 2.75) is 26.1 Å². The van der Waals surface area contributed by atoms with Gasteiger partial charge in [-0.05, 0) is 19.1 Å². The number of aryl methyl sites for hydroxylation is 1. The van der Waals surface area contributed by atoms with Crippen LogP contribution in [0.4, 0.5) is 23.5 Å². The molecular formula is C21H16F4N6O. The highest BCUT2D eigenvalue weighted by Gasteiger charge is 2.39. The Kier molecular flexibility index (Phi) is 4.68. The molecule has 164 valence electrons. The van der Waals surface area contributed by atoms with Gasteiger partial charge in [-0.25, -0.2) is 9.37 Å². The second-order valence-corrected chi connectivity index (χ2v) is 7.30. The van der Waals surface area contributed by atoms with Crippen molar-refractivity contribution in [1.82, 2.24) is 24.6 Å². The third-order valence-electron chi connectivity index (χ3n) is 5.40. The Hall–Kier alpha value is -3.76. The Morgan fingerprint density at radius 2 is 2.06 bits per heavy atom. The van der Waals surface area contributed by atoms with Gasteiger partial charge in [0.15, 0.2) is 5.65 Å². The summed E-state index contributed by atoms with van der Waals surface area (Å²) in [4.78, 5) is 8.68. The van der Waals surface area contributed by atoms with Crippen LogP contribution in [-0.4, -0.2) is 31.2 Å². The second kappa shape index (κ2) is 7.43. The highest BCUT2D eigenvalue weighted by atomic mass is 19.4. The smallest absolute Gasteiger partial charge is 0.420 e. The largest absolute Gasteiger partial charge is 0.492 e. The molecule has 0 radical (unpaired) electrons. The van der Waals surface area contributed by atoms with E-state index in [9.17, 15) is 17.6 Å². The number of halogens is 4. The average Bonchev–Trinajstić information content (AvgIpc) is 3.42. The number of alkyl halides is 3. The zero-order chi connectivity index (χ0) is 22.5. The van der Waals surface area contributed by atoms with E-state index in [1.807, 2.05) is 13.0 Å². The van der Waals surface area contributed by atoms with E-state index in [1.54, 1.807) is 22.9 Å². The lowest BCUT2D eigenvalue weighted by Gasteiger charge is -2.16. The molecular weight excluding hydrogens is 428 g/mol. The maximum absolute atomic E-state index is 14.7. The van der Waals surface area contributed by atoms with E-state index in [-0.39, 0.29) is 36.4 Å². The monoisotopic (exact) mass is 444 g/mol. The summed E-state index contributed by atoms with van der Waals surface area (Å²) >= 11 is 0. The number of nitrogens with one attached hydrogen (secondary N) is 1. The Morgan fingerprint density at radius 3 is 2.84 bits per heavy atom. The standard InChI is InChI=1S/C21H16F4N6O/c1-11-12(3-2-5-26-11)15-9-28-20(31-10-29-30-19(15)31)27-8-14-13-4-6-32-18(13)16(7-17(14)22)21(23,24)25/h2-3,5,7,9-10H,4,6,8H2,1H3,(H,27,28). The predicted molar refractivity (Wildman–Crippen MR) is 107 cm³/mol. The highest BCUT2D eigenvalue weighted by Crippen LogP contribution is 2.43. The van der Waals surface area contributed by atoms with E-state index in [2.05, 4.69) is 25.5 Å². The fourth-order valence-electron chi connectivity index (χ4n) is 3.89. The van der Waals surface area contributed by atoms with Gasteiger partial charge >= 0.3 is 6.18 Å². The second-order valence-electron chi connectivity index (χ2n) is 7.30. The number of hydrogen-bond acceptors (Lipinski definition) is 6. The first-order valence-corrected chi connectivity index (χ1v) is 9.73. The first-order chi connectivity index (χ1) is 15.3. The first kappa shape index (κ1) is 20.2. The van der Waals surface area contributed by atoms with E-state index in [0.29, 0.717) is 23.2 Å². The predicted octanol–water partition coefficient (Wildman–Crippen LogP) is 4.20. The van der Waals surface area contributed by atoms with Gasteiger partial charge in [-0.15, -0.1) is 10.2 Å². The minimum Gasteiger partial charge on any atom is -0.492 e. The molecule has 1 aliphatic rings. The molecule has 7 nitrogen and oxygen atoms in total. The number of fused-ring (bicyclic) bond motifs is 2. The van der Waals surface area contributed by atoms with Crippen molar-refractivity contribution >= 4 is 11.6 Å².